The molecule has 0 saturated carbocycles. The summed E-state index contributed by atoms with van der Waals surface area (Å²) < 4.78 is 0. The van der Waals surface area contributed by atoms with Gasteiger partial charge in [-0.15, -0.1) is 0 Å². The molecule has 1 atom stereocenters. The van der Waals surface area contributed by atoms with Crippen LogP contribution in [-0.4, -0.2) is 37.0 Å². The highest BCUT2D eigenvalue weighted by Gasteiger charge is 2.24. The van der Waals surface area contributed by atoms with E-state index >= 15 is 0 Å². The minimum atomic E-state index is 0.233. The van der Waals surface area contributed by atoms with Gasteiger partial charge in [-0.25, -0.2) is 0 Å². The Hall–Kier alpha value is -0.570. The summed E-state index contributed by atoms with van der Waals surface area (Å²) in [7, 11) is 0. The van der Waals surface area contributed by atoms with Crippen LogP contribution in [-0.2, 0) is 4.79 Å². The Morgan fingerprint density at radius 2 is 1.95 bits per heavy atom. The molecule has 0 radical (unpaired) electrons. The molecule has 0 aromatic rings. The van der Waals surface area contributed by atoms with Crippen molar-refractivity contribution in [3.63, 3.8) is 0 Å². The van der Waals surface area contributed by atoms with Gasteiger partial charge in [-0.3, -0.25) is 4.79 Å². The van der Waals surface area contributed by atoms with Gasteiger partial charge in [0.1, 0.15) is 0 Å². The lowest BCUT2D eigenvalue weighted by Crippen LogP contribution is -2.43. The molecule has 3 heteroatoms. The lowest BCUT2D eigenvalue weighted by atomic mass is 9.96. The number of piperidine rings is 1. The summed E-state index contributed by atoms with van der Waals surface area (Å²) >= 11 is 0. The van der Waals surface area contributed by atoms with E-state index < -0.39 is 0 Å². The van der Waals surface area contributed by atoms with Crippen molar-refractivity contribution in [2.24, 2.45) is 5.92 Å². The van der Waals surface area contributed by atoms with Crippen LogP contribution in [0.2, 0.25) is 0 Å². The molecule has 0 aromatic heterocycles. The van der Waals surface area contributed by atoms with Crippen LogP contribution in [0.15, 0.2) is 0 Å². The van der Waals surface area contributed by atoms with E-state index in [0.717, 1.165) is 32.4 Å². The highest BCUT2D eigenvalue weighted by Crippen LogP contribution is 2.17. The van der Waals surface area contributed by atoms with Crippen LogP contribution in [0.3, 0.4) is 0 Å². The number of nitrogens with zero attached hydrogens (tertiary/aromatic N) is 1. The molecule has 0 bridgehead atoms. The van der Waals surface area contributed by atoms with Crippen molar-refractivity contribution in [2.45, 2.75) is 65.2 Å². The van der Waals surface area contributed by atoms with E-state index in [1.54, 1.807) is 0 Å². The molecule has 0 aromatic carbocycles. The van der Waals surface area contributed by atoms with Crippen LogP contribution < -0.4 is 5.32 Å². The van der Waals surface area contributed by atoms with E-state index in [9.17, 15) is 4.79 Å². The highest BCUT2D eigenvalue weighted by atomic mass is 16.1. The first-order chi connectivity index (χ1) is 9.27. The fraction of sp³-hybridized carbons (Fsp3) is 0.938. The van der Waals surface area contributed by atoms with Crippen LogP contribution in [0.1, 0.15) is 65.2 Å². The van der Waals surface area contributed by atoms with Crippen molar-refractivity contribution in [3.05, 3.63) is 0 Å². The fourth-order valence-electron chi connectivity index (χ4n) is 2.77. The average molecular weight is 268 g/mol. The standard InChI is InChI=1S/C16H32N2O/c1-3-5-7-8-12-18-13-9-10-15(14-18)16(19)17-11-6-4-2/h15H,3-14H2,1-2H3,(H,17,19). The topological polar surface area (TPSA) is 32.3 Å². The molecule has 0 spiro atoms. The second kappa shape index (κ2) is 10.2. The summed E-state index contributed by atoms with van der Waals surface area (Å²) in [6.45, 7) is 8.60. The zero-order valence-electron chi connectivity index (χ0n) is 12.9. The van der Waals surface area contributed by atoms with Gasteiger partial charge in [0.15, 0.2) is 0 Å². The minimum Gasteiger partial charge on any atom is -0.356 e. The first kappa shape index (κ1) is 16.5. The number of hydrogen-bond donors (Lipinski definition) is 1. The SMILES string of the molecule is CCCCCCN1CCCC(C(=O)NCCCC)C1. The normalized spacial score (nSPS) is 20.4. The Morgan fingerprint density at radius 1 is 1.16 bits per heavy atom. The number of nitrogens with one attached hydrogen (secondary N) is 1. The number of likely N-dealkylation sites (tertiary alicyclic amines) is 1. The summed E-state index contributed by atoms with van der Waals surface area (Å²) in [5, 5.41) is 3.08. The molecule has 0 aliphatic carbocycles. The van der Waals surface area contributed by atoms with Crippen molar-refractivity contribution >= 4 is 5.91 Å². The van der Waals surface area contributed by atoms with E-state index in [0.29, 0.717) is 0 Å². The molecule has 1 aliphatic rings. The Labute approximate surface area is 119 Å². The lowest BCUT2D eigenvalue weighted by molar-refractivity contribution is -0.126. The second-order valence-corrected chi connectivity index (χ2v) is 5.85. The summed E-state index contributed by atoms with van der Waals surface area (Å²) in [6.07, 6.45) is 9.76. The quantitative estimate of drug-likeness (QED) is 0.651. The van der Waals surface area contributed by atoms with E-state index in [1.165, 1.54) is 45.2 Å². The van der Waals surface area contributed by atoms with Crippen molar-refractivity contribution in [3.8, 4) is 0 Å². The van der Waals surface area contributed by atoms with Crippen molar-refractivity contribution in [1.29, 1.82) is 0 Å². The highest BCUT2D eigenvalue weighted by molar-refractivity contribution is 5.78. The molecule has 19 heavy (non-hydrogen) atoms. The van der Waals surface area contributed by atoms with Gasteiger partial charge >= 0.3 is 0 Å². The van der Waals surface area contributed by atoms with Crippen LogP contribution >= 0.6 is 0 Å². The first-order valence-corrected chi connectivity index (χ1v) is 8.28. The minimum absolute atomic E-state index is 0.233. The number of carbonyl (C=O) groups is 1. The van der Waals surface area contributed by atoms with E-state index in [4.69, 9.17) is 0 Å². The molecule has 112 valence electrons. The van der Waals surface area contributed by atoms with Gasteiger partial charge in [0, 0.05) is 13.1 Å². The molecule has 1 heterocycles. The van der Waals surface area contributed by atoms with Gasteiger partial charge in [0.05, 0.1) is 5.92 Å². The van der Waals surface area contributed by atoms with E-state index in [-0.39, 0.29) is 11.8 Å². The molecule has 1 N–H and O–H groups in total. The van der Waals surface area contributed by atoms with Gasteiger partial charge in [0.2, 0.25) is 5.91 Å². The summed E-state index contributed by atoms with van der Waals surface area (Å²) in [4.78, 5) is 14.5. The zero-order chi connectivity index (χ0) is 13.9. The summed E-state index contributed by atoms with van der Waals surface area (Å²) in [5.41, 5.74) is 0. The molecule has 1 unspecified atom stereocenters. The van der Waals surface area contributed by atoms with Crippen LogP contribution in [0, 0.1) is 5.92 Å². The maximum atomic E-state index is 12.1. The third-order valence-corrected chi connectivity index (χ3v) is 4.03. The van der Waals surface area contributed by atoms with Crippen LogP contribution in [0.4, 0.5) is 0 Å². The third kappa shape index (κ3) is 6.95. The van der Waals surface area contributed by atoms with Gasteiger partial charge in [-0.1, -0.05) is 39.5 Å². The zero-order valence-corrected chi connectivity index (χ0v) is 12.9. The van der Waals surface area contributed by atoms with Gasteiger partial charge < -0.3 is 10.2 Å². The van der Waals surface area contributed by atoms with Crippen molar-refractivity contribution in [1.82, 2.24) is 10.2 Å². The number of hydrogen-bond acceptors (Lipinski definition) is 2. The monoisotopic (exact) mass is 268 g/mol. The Bertz CT molecular complexity index is 243. The van der Waals surface area contributed by atoms with Crippen molar-refractivity contribution < 1.29 is 4.79 Å². The largest absolute Gasteiger partial charge is 0.356 e. The Morgan fingerprint density at radius 3 is 2.68 bits per heavy atom. The van der Waals surface area contributed by atoms with Gasteiger partial charge in [-0.2, -0.15) is 0 Å². The van der Waals surface area contributed by atoms with Crippen molar-refractivity contribution in [2.75, 3.05) is 26.2 Å². The fourth-order valence-corrected chi connectivity index (χ4v) is 2.77. The predicted molar refractivity (Wildman–Crippen MR) is 81.2 cm³/mol. The van der Waals surface area contributed by atoms with Gasteiger partial charge in [0.25, 0.3) is 0 Å². The number of carbonyl (C=O) groups excluding carboxylic acids is 1. The summed E-state index contributed by atoms with van der Waals surface area (Å²) in [6, 6.07) is 0. The van der Waals surface area contributed by atoms with Gasteiger partial charge in [-0.05, 0) is 38.8 Å². The first-order valence-electron chi connectivity index (χ1n) is 8.28. The maximum absolute atomic E-state index is 12.1. The number of amides is 1. The third-order valence-electron chi connectivity index (χ3n) is 4.03. The van der Waals surface area contributed by atoms with E-state index in [2.05, 4.69) is 24.1 Å². The molecule has 1 fully saturated rings. The molecule has 1 amide bonds. The molecule has 3 nitrogen and oxygen atoms in total. The molecule has 1 aliphatic heterocycles. The molecular weight excluding hydrogens is 236 g/mol. The second-order valence-electron chi connectivity index (χ2n) is 5.85. The lowest BCUT2D eigenvalue weighted by Gasteiger charge is -2.32. The Balaban J connectivity index is 2.19. The van der Waals surface area contributed by atoms with Crippen LogP contribution in [0.25, 0.3) is 0 Å². The Kier molecular flexibility index (Phi) is 8.89. The molecule has 1 saturated heterocycles. The van der Waals surface area contributed by atoms with E-state index in [1.807, 2.05) is 0 Å². The summed E-state index contributed by atoms with van der Waals surface area (Å²) in [5.74, 6) is 0.517. The smallest absolute Gasteiger partial charge is 0.224 e. The number of unbranched alkanes of at least 4 members (excludes halogenated alkanes) is 4. The average Bonchev–Trinajstić information content (AvgIpc) is 2.44. The molecule has 1 rings (SSSR count). The maximum Gasteiger partial charge on any atom is 0.224 e. The predicted octanol–water partition coefficient (Wildman–Crippen LogP) is 3.20. The number of rotatable bonds is 9. The molecular formula is C16H32N2O. The van der Waals surface area contributed by atoms with Crippen LogP contribution in [0.5, 0.6) is 0 Å².